The zero-order valence-corrected chi connectivity index (χ0v) is 17.0. The summed E-state index contributed by atoms with van der Waals surface area (Å²) in [5.41, 5.74) is 5.60. The van der Waals surface area contributed by atoms with Gasteiger partial charge < -0.3 is 10.6 Å². The Bertz CT molecular complexity index is 958. The molecule has 2 aliphatic rings. The third-order valence-corrected chi connectivity index (χ3v) is 6.40. The highest BCUT2D eigenvalue weighted by Crippen LogP contribution is 2.40. The summed E-state index contributed by atoms with van der Waals surface area (Å²) in [6.07, 6.45) is 0.158. The quantitative estimate of drug-likeness (QED) is 0.801. The van der Waals surface area contributed by atoms with E-state index in [0.717, 1.165) is 35.2 Å². The molecule has 2 N–H and O–H groups in total. The van der Waals surface area contributed by atoms with Gasteiger partial charge in [0, 0.05) is 31.9 Å². The molecule has 2 amide bonds. The highest BCUT2D eigenvalue weighted by Gasteiger charge is 2.43. The van der Waals surface area contributed by atoms with Crippen molar-refractivity contribution < 1.29 is 22.8 Å². The van der Waals surface area contributed by atoms with E-state index in [1.807, 2.05) is 7.05 Å². The molecule has 1 aromatic carbocycles. The van der Waals surface area contributed by atoms with E-state index in [1.54, 1.807) is 4.90 Å². The van der Waals surface area contributed by atoms with Gasteiger partial charge in [-0.2, -0.15) is 23.0 Å². The van der Waals surface area contributed by atoms with Crippen molar-refractivity contribution in [3.8, 4) is 0 Å². The summed E-state index contributed by atoms with van der Waals surface area (Å²) in [5, 5.41) is 3.93. The van der Waals surface area contributed by atoms with Gasteiger partial charge in [0.2, 0.25) is 0 Å². The molecule has 1 aliphatic carbocycles. The highest BCUT2D eigenvalue weighted by molar-refractivity contribution is 5.93. The van der Waals surface area contributed by atoms with Gasteiger partial charge in [0.25, 0.3) is 5.91 Å². The standard InChI is InChI=1S/C21H24F3N5O2/c1-27(9-13-2-4-17(5-3-13)21(22,23)24)18-6-14-10-28(11-15(14)7-18)20(31)29-12-16(8-26-29)19(25)30/h2-5,8,12,14-15,18H,6-7,9-11H2,1H3,(H2,25,30)/t14-,15+,18-. The zero-order chi connectivity index (χ0) is 22.3. The lowest BCUT2D eigenvalue weighted by atomic mass is 10.0. The van der Waals surface area contributed by atoms with Crippen LogP contribution >= 0.6 is 0 Å². The largest absolute Gasteiger partial charge is 0.416 e. The lowest BCUT2D eigenvalue weighted by molar-refractivity contribution is -0.137. The lowest BCUT2D eigenvalue weighted by Crippen LogP contribution is -2.36. The number of nitrogens with zero attached hydrogens (tertiary/aromatic N) is 4. The normalized spacial score (nSPS) is 23.4. The molecule has 1 aliphatic heterocycles. The number of benzene rings is 1. The summed E-state index contributed by atoms with van der Waals surface area (Å²) in [5.74, 6) is 0.113. The lowest BCUT2D eigenvalue weighted by Gasteiger charge is -2.26. The SMILES string of the molecule is CN(Cc1ccc(C(F)(F)F)cc1)[C@@H]1C[C@@H]2CN(C(=O)n3cc(C(N)=O)cn3)C[C@@H]2C1. The highest BCUT2D eigenvalue weighted by atomic mass is 19.4. The molecule has 0 radical (unpaired) electrons. The fourth-order valence-corrected chi connectivity index (χ4v) is 4.70. The van der Waals surface area contributed by atoms with Crippen LogP contribution in [0.1, 0.15) is 34.3 Å². The van der Waals surface area contributed by atoms with E-state index < -0.39 is 17.6 Å². The zero-order valence-electron chi connectivity index (χ0n) is 17.0. The molecule has 0 unspecified atom stereocenters. The van der Waals surface area contributed by atoms with Gasteiger partial charge in [-0.1, -0.05) is 12.1 Å². The monoisotopic (exact) mass is 435 g/mol. The molecule has 0 bridgehead atoms. The third kappa shape index (κ3) is 4.43. The molecule has 1 saturated heterocycles. The summed E-state index contributed by atoms with van der Waals surface area (Å²) in [4.78, 5) is 27.8. The van der Waals surface area contributed by atoms with Crippen molar-refractivity contribution in [2.45, 2.75) is 31.6 Å². The summed E-state index contributed by atoms with van der Waals surface area (Å²) >= 11 is 0. The molecule has 0 spiro atoms. The number of fused-ring (bicyclic) bond motifs is 1. The van der Waals surface area contributed by atoms with Crippen LogP contribution in [0.2, 0.25) is 0 Å². The van der Waals surface area contributed by atoms with E-state index in [4.69, 9.17) is 5.73 Å². The number of hydrogen-bond acceptors (Lipinski definition) is 4. The third-order valence-electron chi connectivity index (χ3n) is 6.40. The Hall–Kier alpha value is -2.88. The van der Waals surface area contributed by atoms with Crippen LogP contribution in [-0.2, 0) is 12.7 Å². The minimum absolute atomic E-state index is 0.192. The molecule has 4 rings (SSSR count). The molecule has 7 nitrogen and oxygen atoms in total. The van der Waals surface area contributed by atoms with Gasteiger partial charge in [-0.15, -0.1) is 0 Å². The van der Waals surface area contributed by atoms with Gasteiger partial charge in [0.05, 0.1) is 17.3 Å². The number of carbonyl (C=O) groups is 2. The summed E-state index contributed by atoms with van der Waals surface area (Å²) < 4.78 is 39.3. The minimum atomic E-state index is -4.33. The predicted molar refractivity (Wildman–Crippen MR) is 106 cm³/mol. The molecule has 10 heteroatoms. The Morgan fingerprint density at radius 1 is 1.16 bits per heavy atom. The van der Waals surface area contributed by atoms with E-state index in [9.17, 15) is 22.8 Å². The topological polar surface area (TPSA) is 84.5 Å². The molecule has 3 atom stereocenters. The van der Waals surface area contributed by atoms with Crippen LogP contribution in [0.15, 0.2) is 36.7 Å². The van der Waals surface area contributed by atoms with Crippen LogP contribution in [0.3, 0.4) is 0 Å². The predicted octanol–water partition coefficient (Wildman–Crippen LogP) is 2.81. The molecule has 166 valence electrons. The summed E-state index contributed by atoms with van der Waals surface area (Å²) in [6, 6.07) is 5.35. The van der Waals surface area contributed by atoms with Gasteiger partial charge in [0.15, 0.2) is 0 Å². The van der Waals surface area contributed by atoms with Crippen molar-refractivity contribution in [2.24, 2.45) is 17.6 Å². The van der Waals surface area contributed by atoms with Crippen molar-refractivity contribution >= 4 is 11.9 Å². The minimum Gasteiger partial charge on any atom is -0.366 e. The number of primary amides is 1. The van der Waals surface area contributed by atoms with Crippen LogP contribution < -0.4 is 5.73 Å². The first-order chi connectivity index (χ1) is 14.6. The maximum atomic E-state index is 12.7. The molecule has 2 fully saturated rings. The van der Waals surface area contributed by atoms with E-state index in [-0.39, 0.29) is 11.6 Å². The molecule has 1 aromatic heterocycles. The number of likely N-dealkylation sites (tertiary alicyclic amines) is 1. The number of hydrogen-bond donors (Lipinski definition) is 1. The number of halogens is 3. The summed E-state index contributed by atoms with van der Waals surface area (Å²) in [7, 11) is 1.99. The maximum absolute atomic E-state index is 12.7. The number of carbonyl (C=O) groups excluding carboxylic acids is 2. The molecule has 2 heterocycles. The van der Waals surface area contributed by atoms with Gasteiger partial charge in [-0.05, 0) is 49.4 Å². The number of alkyl halides is 3. The molecular weight excluding hydrogens is 411 g/mol. The number of rotatable bonds is 4. The average molecular weight is 435 g/mol. The van der Waals surface area contributed by atoms with Crippen molar-refractivity contribution in [1.29, 1.82) is 0 Å². The van der Waals surface area contributed by atoms with Gasteiger partial charge in [-0.3, -0.25) is 9.69 Å². The molecule has 1 saturated carbocycles. The second-order valence-corrected chi connectivity index (χ2v) is 8.48. The van der Waals surface area contributed by atoms with Crippen molar-refractivity contribution in [3.05, 3.63) is 53.3 Å². The second-order valence-electron chi connectivity index (χ2n) is 8.48. The van der Waals surface area contributed by atoms with E-state index in [0.29, 0.717) is 37.5 Å². The van der Waals surface area contributed by atoms with Crippen LogP contribution in [0.4, 0.5) is 18.0 Å². The van der Waals surface area contributed by atoms with Crippen molar-refractivity contribution in [3.63, 3.8) is 0 Å². The molecular formula is C21H24F3N5O2. The Balaban J connectivity index is 1.31. The van der Waals surface area contributed by atoms with Gasteiger partial charge in [-0.25, -0.2) is 4.79 Å². The second kappa shape index (κ2) is 7.99. The first kappa shape index (κ1) is 21.4. The van der Waals surface area contributed by atoms with Crippen LogP contribution in [0.25, 0.3) is 0 Å². The summed E-state index contributed by atoms with van der Waals surface area (Å²) in [6.45, 7) is 1.83. The Labute approximate surface area is 177 Å². The Morgan fingerprint density at radius 2 is 1.77 bits per heavy atom. The Morgan fingerprint density at radius 3 is 2.29 bits per heavy atom. The number of amides is 2. The average Bonchev–Trinajstić information content (AvgIpc) is 3.41. The molecule has 31 heavy (non-hydrogen) atoms. The van der Waals surface area contributed by atoms with Crippen LogP contribution in [0.5, 0.6) is 0 Å². The first-order valence-electron chi connectivity index (χ1n) is 10.1. The first-order valence-corrected chi connectivity index (χ1v) is 10.1. The van der Waals surface area contributed by atoms with Crippen LogP contribution in [0, 0.1) is 11.8 Å². The number of nitrogens with two attached hydrogens (primary N) is 1. The number of aromatic nitrogens is 2. The van der Waals surface area contributed by atoms with Crippen molar-refractivity contribution in [1.82, 2.24) is 19.6 Å². The van der Waals surface area contributed by atoms with E-state index in [1.165, 1.54) is 24.5 Å². The fourth-order valence-electron chi connectivity index (χ4n) is 4.70. The fraction of sp³-hybridized carbons (Fsp3) is 0.476. The van der Waals surface area contributed by atoms with E-state index in [2.05, 4.69) is 10.00 Å². The molecule has 2 aromatic rings. The van der Waals surface area contributed by atoms with Gasteiger partial charge in [0.1, 0.15) is 0 Å². The maximum Gasteiger partial charge on any atom is 0.416 e. The van der Waals surface area contributed by atoms with Crippen LogP contribution in [-0.4, -0.2) is 57.7 Å². The Kier molecular flexibility index (Phi) is 5.50. The van der Waals surface area contributed by atoms with E-state index >= 15 is 0 Å². The van der Waals surface area contributed by atoms with Gasteiger partial charge >= 0.3 is 12.2 Å². The van der Waals surface area contributed by atoms with Crippen molar-refractivity contribution in [2.75, 3.05) is 20.1 Å². The smallest absolute Gasteiger partial charge is 0.366 e.